The first kappa shape index (κ1) is 27.9. The summed E-state index contributed by atoms with van der Waals surface area (Å²) in [5, 5.41) is 13.9. The van der Waals surface area contributed by atoms with Gasteiger partial charge in [-0.25, -0.2) is 0 Å². The molecule has 0 aliphatic rings. The number of ether oxygens (including phenoxy) is 1. The molecule has 2 amide bonds. The monoisotopic (exact) mass is 531 g/mol. The average Bonchev–Trinajstić information content (AvgIpc) is 2.76. The van der Waals surface area contributed by atoms with Gasteiger partial charge in [-0.2, -0.15) is 11.8 Å². The lowest BCUT2D eigenvalue weighted by molar-refractivity contribution is -0.144. The van der Waals surface area contributed by atoms with Crippen molar-refractivity contribution >= 4 is 51.4 Å². The van der Waals surface area contributed by atoms with Crippen molar-refractivity contribution in [2.45, 2.75) is 50.4 Å². The number of esters is 1. The first-order chi connectivity index (χ1) is 15.2. The fraction of sp³-hybridized carbons (Fsp3) is 0.524. The number of hydrogen-bond acceptors (Lipinski definition) is 7. The minimum absolute atomic E-state index is 0.0503. The van der Waals surface area contributed by atoms with Gasteiger partial charge in [-0.3, -0.25) is 19.2 Å². The Morgan fingerprint density at radius 3 is 2.53 bits per heavy atom. The van der Waals surface area contributed by atoms with Crippen LogP contribution in [0.5, 0.6) is 0 Å². The summed E-state index contributed by atoms with van der Waals surface area (Å²) in [7, 11) is 0. The van der Waals surface area contributed by atoms with Gasteiger partial charge in [0.1, 0.15) is 18.6 Å². The summed E-state index contributed by atoms with van der Waals surface area (Å²) in [6.07, 6.45) is 1.44. The van der Waals surface area contributed by atoms with Crippen LogP contribution in [0.15, 0.2) is 28.7 Å². The van der Waals surface area contributed by atoms with Gasteiger partial charge in [0, 0.05) is 22.4 Å². The number of unbranched alkanes of at least 4 members (excludes halogenated alkanes) is 1. The Bertz CT molecular complexity index is 762. The van der Waals surface area contributed by atoms with Crippen LogP contribution in [-0.2, 0) is 29.7 Å². The molecule has 0 aliphatic carbocycles. The fourth-order valence-electron chi connectivity index (χ4n) is 2.40. The van der Waals surface area contributed by atoms with Crippen LogP contribution in [0, 0.1) is 0 Å². The van der Waals surface area contributed by atoms with Crippen LogP contribution in [0.1, 0.15) is 38.2 Å². The van der Waals surface area contributed by atoms with E-state index in [1.165, 1.54) is 11.8 Å². The zero-order chi connectivity index (χ0) is 23.9. The minimum atomic E-state index is -1.20. The number of aliphatic carboxylic acids is 1. The molecular formula is C21H30BrN3O6S. The molecule has 0 heterocycles. The first-order valence-electron chi connectivity index (χ1n) is 10.3. The SMILES string of the molecule is CCCCOC(=O)CNC(=O)C(CSCc1ccc(Br)cc1)NC(=O)CCC(N)C(=O)O. The highest BCUT2D eigenvalue weighted by Crippen LogP contribution is 2.16. The molecule has 0 aliphatic heterocycles. The van der Waals surface area contributed by atoms with Crippen LogP contribution in [0.25, 0.3) is 0 Å². The summed E-state index contributed by atoms with van der Waals surface area (Å²) >= 11 is 4.82. The van der Waals surface area contributed by atoms with Crippen molar-refractivity contribution in [2.75, 3.05) is 18.9 Å². The number of benzene rings is 1. The lowest BCUT2D eigenvalue weighted by atomic mass is 10.1. The van der Waals surface area contributed by atoms with Gasteiger partial charge < -0.3 is 26.2 Å². The smallest absolute Gasteiger partial charge is 0.325 e. The Labute approximate surface area is 200 Å². The zero-order valence-corrected chi connectivity index (χ0v) is 20.4. The maximum absolute atomic E-state index is 12.6. The van der Waals surface area contributed by atoms with Gasteiger partial charge >= 0.3 is 11.9 Å². The van der Waals surface area contributed by atoms with Crippen LogP contribution in [0.3, 0.4) is 0 Å². The van der Waals surface area contributed by atoms with E-state index in [4.69, 9.17) is 15.6 Å². The number of carbonyl (C=O) groups excluding carboxylic acids is 3. The van der Waals surface area contributed by atoms with Gasteiger partial charge in [-0.05, 0) is 30.5 Å². The molecule has 2 atom stereocenters. The number of amides is 2. The molecular weight excluding hydrogens is 502 g/mol. The molecule has 9 nitrogen and oxygen atoms in total. The number of thioether (sulfide) groups is 1. The molecule has 1 aromatic carbocycles. The van der Waals surface area contributed by atoms with E-state index >= 15 is 0 Å². The number of nitrogens with two attached hydrogens (primary N) is 1. The number of hydrogen-bond donors (Lipinski definition) is 4. The normalized spacial score (nSPS) is 12.5. The van der Waals surface area contributed by atoms with E-state index in [1.807, 2.05) is 31.2 Å². The highest BCUT2D eigenvalue weighted by molar-refractivity contribution is 9.10. The van der Waals surface area contributed by atoms with Crippen molar-refractivity contribution in [1.82, 2.24) is 10.6 Å². The Morgan fingerprint density at radius 2 is 1.91 bits per heavy atom. The molecule has 0 spiro atoms. The predicted octanol–water partition coefficient (Wildman–Crippen LogP) is 1.82. The second-order valence-electron chi connectivity index (χ2n) is 7.04. The summed E-state index contributed by atoms with van der Waals surface area (Å²) in [5.41, 5.74) is 6.48. The molecule has 0 saturated heterocycles. The van der Waals surface area contributed by atoms with E-state index in [-0.39, 0.29) is 31.7 Å². The van der Waals surface area contributed by atoms with Crippen molar-refractivity contribution in [3.8, 4) is 0 Å². The second kappa shape index (κ2) is 15.7. The molecule has 0 bridgehead atoms. The molecule has 178 valence electrons. The minimum Gasteiger partial charge on any atom is -0.480 e. The predicted molar refractivity (Wildman–Crippen MR) is 126 cm³/mol. The third-order valence-electron chi connectivity index (χ3n) is 4.29. The van der Waals surface area contributed by atoms with Crippen LogP contribution in [0.2, 0.25) is 0 Å². The lowest BCUT2D eigenvalue weighted by Gasteiger charge is -2.18. The van der Waals surface area contributed by atoms with Crippen LogP contribution >= 0.6 is 27.7 Å². The molecule has 5 N–H and O–H groups in total. The topological polar surface area (TPSA) is 148 Å². The Hall–Kier alpha value is -2.11. The van der Waals surface area contributed by atoms with E-state index in [0.717, 1.165) is 22.9 Å². The molecule has 0 fully saturated rings. The Morgan fingerprint density at radius 1 is 1.22 bits per heavy atom. The largest absolute Gasteiger partial charge is 0.480 e. The summed E-state index contributed by atoms with van der Waals surface area (Å²) in [6, 6.07) is 5.68. The third kappa shape index (κ3) is 12.1. The maximum atomic E-state index is 12.6. The Balaban J connectivity index is 2.61. The van der Waals surface area contributed by atoms with Gasteiger partial charge in [-0.15, -0.1) is 0 Å². The number of rotatable bonds is 15. The summed E-state index contributed by atoms with van der Waals surface area (Å²) < 4.78 is 5.97. The van der Waals surface area contributed by atoms with E-state index < -0.39 is 35.8 Å². The summed E-state index contributed by atoms with van der Waals surface area (Å²) in [5.74, 6) is -1.86. The molecule has 0 radical (unpaired) electrons. The average molecular weight is 532 g/mol. The van der Waals surface area contributed by atoms with Crippen molar-refractivity contribution < 1.29 is 29.0 Å². The molecule has 2 unspecified atom stereocenters. The molecule has 11 heteroatoms. The van der Waals surface area contributed by atoms with Gasteiger partial charge in [0.15, 0.2) is 0 Å². The number of carbonyl (C=O) groups is 4. The van der Waals surface area contributed by atoms with Gasteiger partial charge in [0.25, 0.3) is 0 Å². The maximum Gasteiger partial charge on any atom is 0.325 e. The fourth-order valence-corrected chi connectivity index (χ4v) is 3.68. The summed E-state index contributed by atoms with van der Waals surface area (Å²) in [6.45, 7) is 1.96. The quantitative estimate of drug-likeness (QED) is 0.198. The molecule has 0 saturated carbocycles. The van der Waals surface area contributed by atoms with Crippen LogP contribution in [-0.4, -0.2) is 59.8 Å². The first-order valence-corrected chi connectivity index (χ1v) is 12.2. The molecule has 0 aromatic heterocycles. The number of halogens is 1. The van der Waals surface area contributed by atoms with E-state index in [9.17, 15) is 19.2 Å². The lowest BCUT2D eigenvalue weighted by Crippen LogP contribution is -2.49. The van der Waals surface area contributed by atoms with Gasteiger partial charge in [-0.1, -0.05) is 41.4 Å². The molecule has 32 heavy (non-hydrogen) atoms. The molecule has 1 aromatic rings. The molecule has 1 rings (SSSR count). The van der Waals surface area contributed by atoms with Crippen molar-refractivity contribution in [3.05, 3.63) is 34.3 Å². The highest BCUT2D eigenvalue weighted by atomic mass is 79.9. The van der Waals surface area contributed by atoms with Gasteiger partial charge in [0.05, 0.1) is 6.61 Å². The van der Waals surface area contributed by atoms with Crippen molar-refractivity contribution in [3.63, 3.8) is 0 Å². The van der Waals surface area contributed by atoms with Crippen molar-refractivity contribution in [2.24, 2.45) is 5.73 Å². The van der Waals surface area contributed by atoms with E-state index in [2.05, 4.69) is 26.6 Å². The standard InChI is InChI=1S/C21H30BrN3O6S/c1-2-3-10-31-19(27)11-24-20(28)17(25-18(26)9-8-16(23)21(29)30)13-32-12-14-4-6-15(22)7-5-14/h4-7,16-17H,2-3,8-13,23H2,1H3,(H,24,28)(H,25,26)(H,29,30). The number of nitrogens with one attached hydrogen (secondary N) is 2. The van der Waals surface area contributed by atoms with E-state index in [1.54, 1.807) is 0 Å². The zero-order valence-electron chi connectivity index (χ0n) is 18.0. The summed E-state index contributed by atoms with van der Waals surface area (Å²) in [4.78, 5) is 47.3. The van der Waals surface area contributed by atoms with Crippen LogP contribution < -0.4 is 16.4 Å². The van der Waals surface area contributed by atoms with Crippen LogP contribution in [0.4, 0.5) is 0 Å². The van der Waals surface area contributed by atoms with Crippen molar-refractivity contribution in [1.29, 1.82) is 0 Å². The second-order valence-corrected chi connectivity index (χ2v) is 8.98. The van der Waals surface area contributed by atoms with E-state index in [0.29, 0.717) is 5.75 Å². The Kier molecular flexibility index (Phi) is 13.7. The highest BCUT2D eigenvalue weighted by Gasteiger charge is 2.22. The number of carboxylic acid groups (broad SMARTS) is 1. The number of carboxylic acids is 1. The van der Waals surface area contributed by atoms with Gasteiger partial charge in [0.2, 0.25) is 11.8 Å². The third-order valence-corrected chi connectivity index (χ3v) is 5.92.